The zero-order valence-electron chi connectivity index (χ0n) is 10.5. The van der Waals surface area contributed by atoms with Crippen LogP contribution in [0.2, 0.25) is 0 Å². The van der Waals surface area contributed by atoms with Gasteiger partial charge in [-0.05, 0) is 53.5 Å². The first kappa shape index (κ1) is 14.5. The zero-order chi connectivity index (χ0) is 13.1. The summed E-state index contributed by atoms with van der Waals surface area (Å²) in [7, 11) is 0. The molecular weight excluding hydrogens is 379 g/mol. The van der Waals surface area contributed by atoms with Gasteiger partial charge < -0.3 is 4.57 Å². The van der Waals surface area contributed by atoms with E-state index in [1.54, 1.807) is 0 Å². The maximum Gasteiger partial charge on any atom is 0.124 e. The maximum atomic E-state index is 6.00. The Morgan fingerprint density at radius 2 is 2.28 bits per heavy atom. The molecule has 1 aromatic heterocycles. The molecule has 18 heavy (non-hydrogen) atoms. The number of rotatable bonds is 5. The minimum atomic E-state index is 0.471. The summed E-state index contributed by atoms with van der Waals surface area (Å²) < 4.78 is 3.47. The summed E-state index contributed by atoms with van der Waals surface area (Å²) in [6, 6.07) is 6.38. The second kappa shape index (κ2) is 6.48. The first-order valence-corrected chi connectivity index (χ1v) is 8.79. The van der Waals surface area contributed by atoms with Crippen molar-refractivity contribution in [3.8, 4) is 0 Å². The van der Waals surface area contributed by atoms with E-state index in [-0.39, 0.29) is 0 Å². The Hall–Kier alpha value is 0.0600. The van der Waals surface area contributed by atoms with Crippen LogP contribution in [0.5, 0.6) is 0 Å². The van der Waals surface area contributed by atoms with Crippen molar-refractivity contribution >= 4 is 57.0 Å². The summed E-state index contributed by atoms with van der Waals surface area (Å²) in [4.78, 5) is 4.62. The molecule has 5 heteroatoms. The summed E-state index contributed by atoms with van der Waals surface area (Å²) in [5, 5.41) is 0.662. The topological polar surface area (TPSA) is 17.8 Å². The van der Waals surface area contributed by atoms with Crippen LogP contribution in [0.3, 0.4) is 0 Å². The highest BCUT2D eigenvalue weighted by molar-refractivity contribution is 14.1. The van der Waals surface area contributed by atoms with Gasteiger partial charge in [-0.25, -0.2) is 4.98 Å². The molecule has 0 saturated heterocycles. The molecule has 0 amide bonds. The molecule has 98 valence electrons. The molecule has 2 rings (SSSR count). The van der Waals surface area contributed by atoms with Gasteiger partial charge in [0.25, 0.3) is 0 Å². The molecule has 0 N–H and O–H groups in total. The number of halogens is 2. The molecule has 2 nitrogen and oxygen atoms in total. The van der Waals surface area contributed by atoms with Crippen LogP contribution >= 0.6 is 46.0 Å². The molecule has 1 atom stereocenters. The maximum absolute atomic E-state index is 6.00. The Kier molecular flexibility index (Phi) is 5.21. The zero-order valence-corrected chi connectivity index (χ0v) is 14.2. The van der Waals surface area contributed by atoms with Gasteiger partial charge in [0.15, 0.2) is 0 Å². The van der Waals surface area contributed by atoms with E-state index in [1.165, 1.54) is 9.09 Å². The van der Waals surface area contributed by atoms with Gasteiger partial charge in [0.2, 0.25) is 0 Å². The number of nitrogens with zero attached hydrogens (tertiary/aromatic N) is 2. The second-order valence-electron chi connectivity index (χ2n) is 4.28. The molecule has 0 aliphatic rings. The van der Waals surface area contributed by atoms with E-state index in [4.69, 9.17) is 11.6 Å². The summed E-state index contributed by atoms with van der Waals surface area (Å²) in [6.07, 6.45) is 3.30. The Morgan fingerprint density at radius 3 is 2.94 bits per heavy atom. The average Bonchev–Trinajstić information content (AvgIpc) is 2.72. The monoisotopic (exact) mass is 394 g/mol. The van der Waals surface area contributed by atoms with Gasteiger partial charge in [0, 0.05) is 15.4 Å². The Bertz CT molecular complexity index is 541. The lowest BCUT2D eigenvalue weighted by molar-refractivity contribution is 0.636. The first-order chi connectivity index (χ1) is 8.65. The molecule has 1 heterocycles. The number of hydrogen-bond acceptors (Lipinski definition) is 2. The number of thioether (sulfide) groups is 1. The second-order valence-corrected chi connectivity index (χ2v) is 7.07. The molecule has 0 fully saturated rings. The lowest BCUT2D eigenvalue weighted by Crippen LogP contribution is -2.07. The van der Waals surface area contributed by atoms with Crippen LogP contribution in [0.15, 0.2) is 18.2 Å². The smallest absolute Gasteiger partial charge is 0.124 e. The van der Waals surface area contributed by atoms with E-state index in [0.717, 1.165) is 24.3 Å². The minimum Gasteiger partial charge on any atom is -0.327 e. The van der Waals surface area contributed by atoms with Crippen molar-refractivity contribution in [3.63, 3.8) is 0 Å². The number of aryl methyl sites for hydroxylation is 1. The van der Waals surface area contributed by atoms with E-state index in [1.807, 2.05) is 11.8 Å². The van der Waals surface area contributed by atoms with Gasteiger partial charge in [-0.2, -0.15) is 11.8 Å². The van der Waals surface area contributed by atoms with Gasteiger partial charge >= 0.3 is 0 Å². The van der Waals surface area contributed by atoms with Crippen LogP contribution in [0.25, 0.3) is 11.0 Å². The number of benzene rings is 1. The van der Waals surface area contributed by atoms with Crippen molar-refractivity contribution in [2.75, 3.05) is 6.26 Å². The average molecular weight is 395 g/mol. The molecule has 1 aromatic carbocycles. The lowest BCUT2D eigenvalue weighted by atomic mass is 10.3. The van der Waals surface area contributed by atoms with Crippen molar-refractivity contribution in [1.29, 1.82) is 0 Å². The Labute approximate surface area is 131 Å². The number of aromatic nitrogens is 2. The molecule has 0 radical (unpaired) electrons. The Morgan fingerprint density at radius 1 is 1.50 bits per heavy atom. The van der Waals surface area contributed by atoms with Crippen LogP contribution in [-0.4, -0.2) is 21.1 Å². The Balaban J connectivity index is 2.34. The predicted octanol–water partition coefficient (Wildman–Crippen LogP) is 4.52. The first-order valence-electron chi connectivity index (χ1n) is 5.89. The van der Waals surface area contributed by atoms with Crippen LogP contribution in [-0.2, 0) is 12.4 Å². The van der Waals surface area contributed by atoms with Crippen molar-refractivity contribution in [1.82, 2.24) is 9.55 Å². The summed E-state index contributed by atoms with van der Waals surface area (Å²) in [5.74, 6) is 1.45. The van der Waals surface area contributed by atoms with E-state index in [0.29, 0.717) is 11.1 Å². The quantitative estimate of drug-likeness (QED) is 0.548. The predicted molar refractivity (Wildman–Crippen MR) is 89.6 cm³/mol. The van der Waals surface area contributed by atoms with E-state index >= 15 is 0 Å². The van der Waals surface area contributed by atoms with Crippen molar-refractivity contribution < 1.29 is 0 Å². The number of alkyl halides is 1. The minimum absolute atomic E-state index is 0.471. The fourth-order valence-corrected chi connectivity index (χ4v) is 2.95. The molecular formula is C13H16ClIN2S. The van der Waals surface area contributed by atoms with Gasteiger partial charge in [0.1, 0.15) is 5.82 Å². The molecule has 1 unspecified atom stereocenters. The molecule has 0 aliphatic heterocycles. The van der Waals surface area contributed by atoms with E-state index < -0.39 is 0 Å². The van der Waals surface area contributed by atoms with Crippen LogP contribution < -0.4 is 0 Å². The third kappa shape index (κ3) is 3.14. The highest BCUT2D eigenvalue weighted by atomic mass is 127. The lowest BCUT2D eigenvalue weighted by Gasteiger charge is -2.11. The standard InChI is InChI=1S/C13H16ClIN2S/c1-9(18-2)5-6-17-12-4-3-10(15)7-11(12)16-13(17)8-14/h3-4,7,9H,5-6,8H2,1-2H3. The van der Waals surface area contributed by atoms with Gasteiger partial charge in [0.05, 0.1) is 16.9 Å². The van der Waals surface area contributed by atoms with Gasteiger partial charge in [-0.1, -0.05) is 6.92 Å². The fraction of sp³-hybridized carbons (Fsp3) is 0.462. The van der Waals surface area contributed by atoms with Crippen molar-refractivity contribution in [2.24, 2.45) is 0 Å². The van der Waals surface area contributed by atoms with E-state index in [2.05, 4.69) is 63.5 Å². The normalized spacial score (nSPS) is 13.1. The summed E-state index contributed by atoms with van der Waals surface area (Å²) in [5.41, 5.74) is 2.24. The van der Waals surface area contributed by atoms with Crippen LogP contribution in [0.4, 0.5) is 0 Å². The summed E-state index contributed by atoms with van der Waals surface area (Å²) >= 11 is 10.2. The molecule has 0 bridgehead atoms. The number of fused-ring (bicyclic) bond motifs is 1. The highest BCUT2D eigenvalue weighted by Crippen LogP contribution is 2.22. The van der Waals surface area contributed by atoms with Crippen LogP contribution in [0.1, 0.15) is 19.2 Å². The molecule has 2 aromatic rings. The largest absolute Gasteiger partial charge is 0.327 e. The van der Waals surface area contributed by atoms with Crippen LogP contribution in [0, 0.1) is 3.57 Å². The third-order valence-electron chi connectivity index (χ3n) is 3.07. The highest BCUT2D eigenvalue weighted by Gasteiger charge is 2.11. The van der Waals surface area contributed by atoms with Gasteiger partial charge in [-0.3, -0.25) is 0 Å². The molecule has 0 aliphatic carbocycles. The van der Waals surface area contributed by atoms with Crippen molar-refractivity contribution in [2.45, 2.75) is 31.0 Å². The third-order valence-corrected chi connectivity index (χ3v) is 5.02. The number of hydrogen-bond donors (Lipinski definition) is 0. The molecule has 0 saturated carbocycles. The van der Waals surface area contributed by atoms with E-state index in [9.17, 15) is 0 Å². The SMILES string of the molecule is CSC(C)CCn1c(CCl)nc2cc(I)ccc21. The number of imidazole rings is 1. The molecule has 0 spiro atoms. The van der Waals surface area contributed by atoms with Gasteiger partial charge in [-0.15, -0.1) is 11.6 Å². The van der Waals surface area contributed by atoms with Crippen molar-refractivity contribution in [3.05, 3.63) is 27.6 Å². The fourth-order valence-electron chi connectivity index (χ4n) is 1.93. The summed E-state index contributed by atoms with van der Waals surface area (Å²) in [6.45, 7) is 3.24.